The van der Waals surface area contributed by atoms with Gasteiger partial charge in [0.25, 0.3) is 0 Å². The van der Waals surface area contributed by atoms with E-state index in [-0.39, 0.29) is 62.5 Å². The molecule has 0 aliphatic carbocycles. The van der Waals surface area contributed by atoms with Gasteiger partial charge in [-0.3, -0.25) is 4.79 Å². The van der Waals surface area contributed by atoms with E-state index in [1.54, 1.807) is 0 Å². The summed E-state index contributed by atoms with van der Waals surface area (Å²) in [6.45, 7) is 15.4. The molecule has 0 aromatic carbocycles. The van der Waals surface area contributed by atoms with Crippen LogP contribution in [0.25, 0.3) is 0 Å². The normalized spacial score (nSPS) is 21.4. The van der Waals surface area contributed by atoms with Crippen LogP contribution in [0.1, 0.15) is 105 Å². The zero-order valence-electron chi connectivity index (χ0n) is 36.4. The number of hydrogen-bond donors (Lipinski definition) is 2. The number of unbranched alkanes of at least 4 members (excludes halogenated alkanes) is 3. The van der Waals surface area contributed by atoms with Gasteiger partial charge < -0.3 is 70.9 Å². The Morgan fingerprint density at radius 1 is 0.746 bits per heavy atom. The summed E-state index contributed by atoms with van der Waals surface area (Å²) in [6, 6.07) is 1.48. The van der Waals surface area contributed by atoms with Crippen molar-refractivity contribution in [1.82, 2.24) is 0 Å². The number of ether oxygens (including phenoxy) is 6. The van der Waals surface area contributed by atoms with E-state index >= 15 is 0 Å². The molecule has 17 nitrogen and oxygen atoms in total. The molecule has 0 aromatic heterocycles. The van der Waals surface area contributed by atoms with Gasteiger partial charge in [-0.05, 0) is 51.4 Å². The fourth-order valence-corrected chi connectivity index (χ4v) is 7.82. The van der Waals surface area contributed by atoms with Gasteiger partial charge in [-0.1, -0.05) is 40.5 Å². The average molecular weight is 907 g/mol. The van der Waals surface area contributed by atoms with Crippen molar-refractivity contribution in [3.05, 3.63) is 0 Å². The van der Waals surface area contributed by atoms with Gasteiger partial charge in [-0.2, -0.15) is 5.26 Å². The quantitative estimate of drug-likeness (QED) is 0.0363. The van der Waals surface area contributed by atoms with E-state index < -0.39 is 32.5 Å². The Morgan fingerprint density at radius 2 is 1.27 bits per heavy atom. The number of nitriles is 1. The minimum absolute atomic E-state index is 0.00726. The third-order valence-electron chi connectivity index (χ3n) is 8.85. The Balaban J connectivity index is 2.40. The first-order chi connectivity index (χ1) is 28.8. The van der Waals surface area contributed by atoms with Crippen LogP contribution in [0.5, 0.6) is 0 Å². The molecule has 20 heteroatoms. The van der Waals surface area contributed by atoms with Crippen molar-refractivity contribution in [2.75, 3.05) is 99.1 Å². The van der Waals surface area contributed by atoms with Crippen LogP contribution in [0.2, 0.25) is 0 Å². The maximum absolute atomic E-state index is 11.6. The fourth-order valence-electron chi connectivity index (χ4n) is 5.62. The fraction of sp³-hybridized carbons (Fsp3) is 0.949. The second-order valence-electron chi connectivity index (χ2n) is 14.3. The Morgan fingerprint density at radius 3 is 1.81 bits per heavy atom. The van der Waals surface area contributed by atoms with Crippen molar-refractivity contribution in [3.63, 3.8) is 0 Å². The maximum Gasteiger partial charge on any atom is 0.332 e. The highest BCUT2D eigenvalue weighted by atomic mass is 31.2. The summed E-state index contributed by atoms with van der Waals surface area (Å²) in [5, 5.41) is 19.0. The van der Waals surface area contributed by atoms with Gasteiger partial charge in [-0.25, -0.2) is 0 Å². The molecule has 0 bridgehead atoms. The van der Waals surface area contributed by atoms with Crippen LogP contribution in [0, 0.1) is 22.7 Å². The molecule has 0 amide bonds. The molecule has 1 aliphatic heterocycles. The third-order valence-corrected chi connectivity index (χ3v) is 11.3. The smallest absolute Gasteiger partial charge is 0.332 e. The summed E-state index contributed by atoms with van der Waals surface area (Å²) in [6.07, 6.45) is 7.32. The van der Waals surface area contributed by atoms with Gasteiger partial charge in [0, 0.05) is 39.3 Å². The van der Waals surface area contributed by atoms with Crippen LogP contribution in [-0.4, -0.2) is 135 Å². The van der Waals surface area contributed by atoms with Gasteiger partial charge in [0.05, 0.1) is 103 Å². The van der Waals surface area contributed by atoms with Crippen LogP contribution < -0.4 is 5.73 Å². The van der Waals surface area contributed by atoms with Crippen molar-refractivity contribution >= 4 is 32.6 Å². The maximum atomic E-state index is 11.6. The molecule has 1 rings (SSSR count). The van der Waals surface area contributed by atoms with Crippen molar-refractivity contribution in [2.45, 2.75) is 130 Å². The molecule has 7 unspecified atom stereocenters. The first kappa shape index (κ1) is 56.7. The molecule has 1 aliphatic rings. The van der Waals surface area contributed by atoms with Gasteiger partial charge in [0.2, 0.25) is 0 Å². The monoisotopic (exact) mass is 906 g/mol. The number of carbonyl (C=O) groups excluding carboxylic acids is 1. The summed E-state index contributed by atoms with van der Waals surface area (Å²) in [4.78, 5) is 11.6. The zero-order valence-corrected chi connectivity index (χ0v) is 39.3. The average Bonchev–Trinajstić information content (AvgIpc) is 3.23. The SMILES string of the molecule is CCCOPOCCCOCC(CO)(COCCCOPOCCC#N)COCCCOP(OCCC)OCCCCCCO[C@@H]1OC(CC)[C@H](C)C(OC(C)=O)C1N. The summed E-state index contributed by atoms with van der Waals surface area (Å²) in [5.41, 5.74) is 5.63. The first-order valence-electron chi connectivity index (χ1n) is 21.3. The molecular formula is C39H77N2O15P3. The van der Waals surface area contributed by atoms with Gasteiger partial charge in [-0.15, -0.1) is 0 Å². The van der Waals surface area contributed by atoms with E-state index in [4.69, 9.17) is 71.1 Å². The highest BCUT2D eigenvalue weighted by Crippen LogP contribution is 2.40. The number of esters is 1. The number of aliphatic hydroxyl groups is 1. The molecule has 0 aromatic rings. The van der Waals surface area contributed by atoms with E-state index in [1.807, 2.05) is 26.8 Å². The molecule has 0 saturated carbocycles. The molecule has 0 spiro atoms. The van der Waals surface area contributed by atoms with Gasteiger partial charge >= 0.3 is 14.6 Å². The first-order valence-corrected chi connectivity index (χ1v) is 24.1. The minimum atomic E-state index is -1.49. The summed E-state index contributed by atoms with van der Waals surface area (Å²) < 4.78 is 74.9. The number of carbonyl (C=O) groups is 1. The van der Waals surface area contributed by atoms with Crippen molar-refractivity contribution in [3.8, 4) is 6.07 Å². The van der Waals surface area contributed by atoms with Crippen LogP contribution in [-0.2, 0) is 64.9 Å². The van der Waals surface area contributed by atoms with E-state index in [1.165, 1.54) is 6.92 Å². The van der Waals surface area contributed by atoms with Gasteiger partial charge in [0.15, 0.2) is 24.4 Å². The molecule has 59 heavy (non-hydrogen) atoms. The lowest BCUT2D eigenvalue weighted by atomic mass is 9.88. The number of aliphatic hydroxyl groups excluding tert-OH is 1. The van der Waals surface area contributed by atoms with Crippen molar-refractivity contribution in [1.29, 1.82) is 5.26 Å². The van der Waals surface area contributed by atoms with Crippen LogP contribution in [0.3, 0.4) is 0 Å². The lowest BCUT2D eigenvalue weighted by Crippen LogP contribution is -2.59. The standard InChI is InChI=1S/C39H77N2O15P3/c1-6-18-48-57-50-25-14-20-44-30-39(29-42,31-45-21-15-26-51-58-49-24-13-17-40)32-46-22-16-28-54-59(52-19-7-2)53-27-12-10-9-11-23-47-38-36(41)37(55-34(5)43)33(4)35(8-3)56-38/h33,35-38,42,57-58H,6-16,18-32,41H2,1-5H3/t33-,35?,36?,37?,38+,39?,59?/m0/s1. The molecule has 1 fully saturated rings. The Labute approximate surface area is 359 Å². The highest BCUT2D eigenvalue weighted by Gasteiger charge is 2.43. The minimum Gasteiger partial charge on any atom is -0.460 e. The lowest BCUT2D eigenvalue weighted by Gasteiger charge is -2.43. The summed E-state index contributed by atoms with van der Waals surface area (Å²) in [7, 11) is -1.58. The Bertz CT molecular complexity index is 1030. The van der Waals surface area contributed by atoms with Crippen molar-refractivity contribution in [2.24, 2.45) is 17.1 Å². The number of nitrogens with zero attached hydrogens (tertiary/aromatic N) is 1. The largest absolute Gasteiger partial charge is 0.460 e. The van der Waals surface area contributed by atoms with E-state index in [0.29, 0.717) is 98.4 Å². The molecule has 9 atom stereocenters. The number of rotatable bonds is 42. The molecule has 0 radical (unpaired) electrons. The molecule has 1 saturated heterocycles. The summed E-state index contributed by atoms with van der Waals surface area (Å²) >= 11 is 0. The molecule has 1 heterocycles. The second-order valence-corrected chi connectivity index (χ2v) is 17.0. The van der Waals surface area contributed by atoms with Gasteiger partial charge in [0.1, 0.15) is 6.10 Å². The number of nitrogens with two attached hydrogens (primary N) is 1. The molecule has 3 N–H and O–H groups in total. The molecule has 348 valence electrons. The molecular weight excluding hydrogens is 829 g/mol. The lowest BCUT2D eigenvalue weighted by molar-refractivity contribution is -0.248. The Hall–Kier alpha value is -0.310. The highest BCUT2D eigenvalue weighted by molar-refractivity contribution is 7.41. The van der Waals surface area contributed by atoms with Crippen molar-refractivity contribution < 1.29 is 70.0 Å². The second kappa shape index (κ2) is 39.3. The third kappa shape index (κ3) is 28.9. The predicted octanol–water partition coefficient (Wildman–Crippen LogP) is 6.89. The number of hydrogen-bond acceptors (Lipinski definition) is 17. The zero-order chi connectivity index (χ0) is 43.2. The van der Waals surface area contributed by atoms with Crippen LogP contribution in [0.15, 0.2) is 0 Å². The van der Waals surface area contributed by atoms with E-state index in [0.717, 1.165) is 44.9 Å². The van der Waals surface area contributed by atoms with Crippen LogP contribution >= 0.6 is 26.7 Å². The van der Waals surface area contributed by atoms with E-state index in [2.05, 4.69) is 6.92 Å². The van der Waals surface area contributed by atoms with E-state index in [9.17, 15) is 9.90 Å². The van der Waals surface area contributed by atoms with Crippen LogP contribution in [0.4, 0.5) is 0 Å². The topological polar surface area (TPSA) is 207 Å². The Kier molecular flexibility index (Phi) is 37.8. The predicted molar refractivity (Wildman–Crippen MR) is 228 cm³/mol. The summed E-state index contributed by atoms with van der Waals surface area (Å²) in [5.74, 6) is -0.360.